The van der Waals surface area contributed by atoms with Crippen LogP contribution in [0, 0.1) is 0 Å². The molecular weight excluding hydrogens is 983 g/mol. The maximum Gasteiger partial charge on any atom is 0.220 e. The molecule has 1 amide bonds. The summed E-state index contributed by atoms with van der Waals surface area (Å²) >= 11 is 0. The summed E-state index contributed by atoms with van der Waals surface area (Å²) in [6, 6.07) is -0.821. The minimum absolute atomic E-state index is 0.181. The van der Waals surface area contributed by atoms with Crippen LogP contribution in [0.25, 0.3) is 0 Å². The van der Waals surface area contributed by atoms with E-state index in [1.807, 2.05) is 6.08 Å². The minimum Gasteiger partial charge on any atom is -0.394 e. The molecule has 1 fully saturated rings. The highest BCUT2D eigenvalue weighted by atomic mass is 16.7. The van der Waals surface area contributed by atoms with E-state index in [2.05, 4.69) is 55.6 Å². The number of rotatable bonds is 60. The van der Waals surface area contributed by atoms with Crippen LogP contribution in [0.4, 0.5) is 0 Å². The smallest absolute Gasteiger partial charge is 0.220 e. The fourth-order valence-electron chi connectivity index (χ4n) is 11.0. The molecule has 9 heteroatoms. The first-order chi connectivity index (χ1) is 38.8. The van der Waals surface area contributed by atoms with Crippen LogP contribution < -0.4 is 5.32 Å². The molecule has 0 aromatic rings. The van der Waals surface area contributed by atoms with Crippen molar-refractivity contribution in [2.24, 2.45) is 0 Å². The Balaban J connectivity index is 2.05. The summed E-state index contributed by atoms with van der Waals surface area (Å²) in [5.41, 5.74) is 0. The third kappa shape index (κ3) is 48.3. The van der Waals surface area contributed by atoms with Gasteiger partial charge in [0, 0.05) is 6.42 Å². The Morgan fingerprint density at radius 3 is 1.14 bits per heavy atom. The SMILES string of the molecule is CCCCCCC/C=C\C/C=C\CCCCCCCCCCCCCCCCCCCCCCCCCCCCCC(=O)NC(COC1OC(CO)C(O)C(O)C1O)C(O)/C=C/CC/C=C/CCCCCCCCCCCCC. The molecule has 79 heavy (non-hydrogen) atoms. The molecule has 6 N–H and O–H groups in total. The third-order valence-electron chi connectivity index (χ3n) is 16.4. The number of nitrogens with one attached hydrogen (secondary N) is 1. The van der Waals surface area contributed by atoms with Gasteiger partial charge in [-0.2, -0.15) is 0 Å². The standard InChI is InChI=1S/C70H131NO8/c1-3-5-7-9-11-13-15-17-19-21-22-23-24-25-26-27-28-29-30-31-32-33-34-35-36-37-38-39-40-41-42-44-46-48-50-52-54-56-58-60-66(74)71-63(62-78-70-69(77)68(76)67(75)65(61-72)79-70)64(73)59-57-55-53-51-49-47-45-43-20-18-16-14-12-10-8-6-4-2/h15,17,21-22,49,51,57,59,63-65,67-70,72-73,75-77H,3-14,16,18-20,23-48,50,52-56,58,60-62H2,1-2H3,(H,71,74)/b17-15-,22-21-,51-49+,59-57+. The third-order valence-corrected chi connectivity index (χ3v) is 16.4. The average Bonchev–Trinajstić information content (AvgIpc) is 3.48. The van der Waals surface area contributed by atoms with Gasteiger partial charge in [-0.25, -0.2) is 0 Å². The predicted molar refractivity (Wildman–Crippen MR) is 336 cm³/mol. The Kier molecular flexibility index (Phi) is 56.4. The van der Waals surface area contributed by atoms with E-state index in [1.54, 1.807) is 6.08 Å². The summed E-state index contributed by atoms with van der Waals surface area (Å²) in [7, 11) is 0. The van der Waals surface area contributed by atoms with Crippen molar-refractivity contribution in [3.05, 3.63) is 48.6 Å². The highest BCUT2D eigenvalue weighted by Crippen LogP contribution is 2.23. The number of ether oxygens (including phenoxy) is 2. The maximum atomic E-state index is 13.1. The van der Waals surface area contributed by atoms with E-state index in [-0.39, 0.29) is 12.5 Å². The topological polar surface area (TPSA) is 149 Å². The number of amides is 1. The van der Waals surface area contributed by atoms with Gasteiger partial charge in [0.05, 0.1) is 25.4 Å². The molecule has 0 saturated carbocycles. The van der Waals surface area contributed by atoms with Gasteiger partial charge in [-0.3, -0.25) is 4.79 Å². The molecular formula is C70H131NO8. The van der Waals surface area contributed by atoms with Gasteiger partial charge in [-0.05, 0) is 64.2 Å². The van der Waals surface area contributed by atoms with E-state index in [1.165, 1.54) is 270 Å². The van der Waals surface area contributed by atoms with Gasteiger partial charge in [0.1, 0.15) is 24.4 Å². The van der Waals surface area contributed by atoms with Crippen molar-refractivity contribution in [2.75, 3.05) is 13.2 Å². The van der Waals surface area contributed by atoms with E-state index in [0.29, 0.717) is 6.42 Å². The highest BCUT2D eigenvalue weighted by Gasteiger charge is 2.44. The molecule has 1 heterocycles. The molecule has 1 aliphatic heterocycles. The van der Waals surface area contributed by atoms with Gasteiger partial charge in [-0.15, -0.1) is 0 Å². The van der Waals surface area contributed by atoms with Gasteiger partial charge in [0.15, 0.2) is 6.29 Å². The van der Waals surface area contributed by atoms with Crippen molar-refractivity contribution in [2.45, 2.75) is 378 Å². The van der Waals surface area contributed by atoms with Gasteiger partial charge in [0.25, 0.3) is 0 Å². The zero-order valence-electron chi connectivity index (χ0n) is 51.9. The lowest BCUT2D eigenvalue weighted by Crippen LogP contribution is -2.60. The van der Waals surface area contributed by atoms with Crippen LogP contribution in [-0.2, 0) is 14.3 Å². The second-order valence-corrected chi connectivity index (χ2v) is 24.0. The Hall–Kier alpha value is -1.85. The van der Waals surface area contributed by atoms with Crippen molar-refractivity contribution >= 4 is 5.91 Å². The normalized spacial score (nSPS) is 18.8. The first-order valence-corrected chi connectivity index (χ1v) is 34.4. The molecule has 0 aromatic carbocycles. The van der Waals surface area contributed by atoms with E-state index >= 15 is 0 Å². The Bertz CT molecular complexity index is 1380. The maximum absolute atomic E-state index is 13.1. The second-order valence-electron chi connectivity index (χ2n) is 24.0. The Labute approximate surface area is 488 Å². The quantitative estimate of drug-likeness (QED) is 0.0261. The number of allylic oxidation sites excluding steroid dienone is 7. The van der Waals surface area contributed by atoms with Crippen LogP contribution in [0.5, 0.6) is 0 Å². The number of hydrogen-bond acceptors (Lipinski definition) is 8. The van der Waals surface area contributed by atoms with E-state index < -0.39 is 49.5 Å². The predicted octanol–water partition coefficient (Wildman–Crippen LogP) is 18.4. The number of unbranched alkanes of at least 4 members (excludes halogenated alkanes) is 44. The molecule has 1 aliphatic rings. The number of hydrogen-bond donors (Lipinski definition) is 6. The number of aliphatic hydroxyl groups is 5. The molecule has 464 valence electrons. The molecule has 0 bridgehead atoms. The molecule has 7 unspecified atom stereocenters. The Morgan fingerprint density at radius 1 is 0.430 bits per heavy atom. The van der Waals surface area contributed by atoms with Gasteiger partial charge >= 0.3 is 0 Å². The van der Waals surface area contributed by atoms with Crippen LogP contribution in [-0.4, -0.2) is 87.5 Å². The molecule has 7 atom stereocenters. The van der Waals surface area contributed by atoms with Crippen molar-refractivity contribution in [3.8, 4) is 0 Å². The van der Waals surface area contributed by atoms with Crippen LogP contribution in [0.3, 0.4) is 0 Å². The largest absolute Gasteiger partial charge is 0.394 e. The number of carbonyl (C=O) groups is 1. The molecule has 1 rings (SSSR count). The van der Waals surface area contributed by atoms with E-state index in [0.717, 1.165) is 44.9 Å². The summed E-state index contributed by atoms with van der Waals surface area (Å²) in [5.74, 6) is -0.181. The van der Waals surface area contributed by atoms with Crippen LogP contribution in [0.1, 0.15) is 335 Å². The summed E-state index contributed by atoms with van der Waals surface area (Å²) < 4.78 is 11.3. The van der Waals surface area contributed by atoms with E-state index in [4.69, 9.17) is 9.47 Å². The monoisotopic (exact) mass is 1110 g/mol. The van der Waals surface area contributed by atoms with Crippen molar-refractivity contribution in [1.82, 2.24) is 5.32 Å². The zero-order chi connectivity index (χ0) is 57.2. The van der Waals surface area contributed by atoms with Gasteiger partial charge < -0.3 is 40.3 Å². The van der Waals surface area contributed by atoms with Crippen LogP contribution >= 0.6 is 0 Å². The van der Waals surface area contributed by atoms with Gasteiger partial charge in [-0.1, -0.05) is 313 Å². The summed E-state index contributed by atoms with van der Waals surface area (Å²) in [6.45, 7) is 3.78. The zero-order valence-corrected chi connectivity index (χ0v) is 51.9. The summed E-state index contributed by atoms with van der Waals surface area (Å²) in [5, 5.41) is 54.6. The molecule has 0 radical (unpaired) electrons. The van der Waals surface area contributed by atoms with Gasteiger partial charge in [0.2, 0.25) is 5.91 Å². The lowest BCUT2D eigenvalue weighted by Gasteiger charge is -2.40. The summed E-state index contributed by atoms with van der Waals surface area (Å²) in [6.07, 6.45) is 73.8. The lowest BCUT2D eigenvalue weighted by molar-refractivity contribution is -0.302. The van der Waals surface area contributed by atoms with Crippen molar-refractivity contribution in [1.29, 1.82) is 0 Å². The second kappa shape index (κ2) is 59.3. The first-order valence-electron chi connectivity index (χ1n) is 34.4. The van der Waals surface area contributed by atoms with Crippen LogP contribution in [0.15, 0.2) is 48.6 Å². The van der Waals surface area contributed by atoms with Crippen LogP contribution in [0.2, 0.25) is 0 Å². The molecule has 1 saturated heterocycles. The molecule has 0 aromatic heterocycles. The number of aliphatic hydroxyl groups excluding tert-OH is 5. The molecule has 9 nitrogen and oxygen atoms in total. The fraction of sp³-hybridized carbons (Fsp3) is 0.871. The average molecular weight is 1110 g/mol. The lowest BCUT2D eigenvalue weighted by atomic mass is 9.99. The highest BCUT2D eigenvalue weighted by molar-refractivity contribution is 5.76. The Morgan fingerprint density at radius 2 is 0.759 bits per heavy atom. The van der Waals surface area contributed by atoms with Crippen molar-refractivity contribution < 1.29 is 39.8 Å². The molecule has 0 spiro atoms. The fourth-order valence-corrected chi connectivity index (χ4v) is 11.0. The first kappa shape index (κ1) is 75.2. The minimum atomic E-state index is -1.57. The van der Waals surface area contributed by atoms with E-state index in [9.17, 15) is 30.3 Å². The summed E-state index contributed by atoms with van der Waals surface area (Å²) in [4.78, 5) is 13.1. The van der Waals surface area contributed by atoms with Crippen molar-refractivity contribution in [3.63, 3.8) is 0 Å². The molecule has 0 aliphatic carbocycles. The number of carbonyl (C=O) groups excluding carboxylic acids is 1.